The summed E-state index contributed by atoms with van der Waals surface area (Å²) in [5.41, 5.74) is 0.711. The smallest absolute Gasteiger partial charge is 0.371 e. The molecule has 1 aromatic carbocycles. The van der Waals surface area contributed by atoms with E-state index in [-0.39, 0.29) is 12.4 Å². The van der Waals surface area contributed by atoms with E-state index in [2.05, 4.69) is 0 Å². The topological polar surface area (TPSA) is 59.7 Å². The summed E-state index contributed by atoms with van der Waals surface area (Å²) in [6.45, 7) is 1.96. The standard InChI is InChI=1S/C13H11ClO4/c1-8-9(6-12(18-8)13(15)16)7-17-11-4-2-10(14)3-5-11/h2-6H,7H2,1H3,(H,15,16). The van der Waals surface area contributed by atoms with Crippen molar-refractivity contribution in [2.45, 2.75) is 13.5 Å². The number of aromatic carboxylic acids is 1. The fourth-order valence-electron chi connectivity index (χ4n) is 1.46. The molecular formula is C13H11ClO4. The van der Waals surface area contributed by atoms with Gasteiger partial charge in [-0.2, -0.15) is 0 Å². The van der Waals surface area contributed by atoms with Crippen LogP contribution in [0.2, 0.25) is 5.02 Å². The van der Waals surface area contributed by atoms with Crippen molar-refractivity contribution in [1.29, 1.82) is 0 Å². The Kier molecular flexibility index (Phi) is 3.58. The van der Waals surface area contributed by atoms with Crippen LogP contribution in [0, 0.1) is 6.92 Å². The first kappa shape index (κ1) is 12.5. The number of hydrogen-bond donors (Lipinski definition) is 1. The first-order chi connectivity index (χ1) is 8.56. The van der Waals surface area contributed by atoms with Crippen molar-refractivity contribution in [2.75, 3.05) is 0 Å². The van der Waals surface area contributed by atoms with Crippen LogP contribution in [0.1, 0.15) is 21.9 Å². The Hall–Kier alpha value is -1.94. The van der Waals surface area contributed by atoms with Crippen molar-refractivity contribution in [1.82, 2.24) is 0 Å². The molecule has 0 unspecified atom stereocenters. The van der Waals surface area contributed by atoms with Gasteiger partial charge in [-0.05, 0) is 37.3 Å². The van der Waals surface area contributed by atoms with Crippen LogP contribution in [0.3, 0.4) is 0 Å². The van der Waals surface area contributed by atoms with E-state index < -0.39 is 5.97 Å². The molecule has 2 rings (SSSR count). The lowest BCUT2D eigenvalue weighted by molar-refractivity contribution is 0.0661. The molecule has 1 heterocycles. The van der Waals surface area contributed by atoms with Gasteiger partial charge >= 0.3 is 5.97 Å². The average Bonchev–Trinajstić information content (AvgIpc) is 2.70. The summed E-state index contributed by atoms with van der Waals surface area (Å²) in [4.78, 5) is 10.7. The lowest BCUT2D eigenvalue weighted by Gasteiger charge is -2.04. The zero-order valence-electron chi connectivity index (χ0n) is 9.64. The summed E-state index contributed by atoms with van der Waals surface area (Å²) >= 11 is 5.76. The van der Waals surface area contributed by atoms with Crippen LogP contribution < -0.4 is 4.74 Å². The van der Waals surface area contributed by atoms with Crippen molar-refractivity contribution < 1.29 is 19.1 Å². The predicted molar refractivity (Wildman–Crippen MR) is 66.2 cm³/mol. The molecule has 4 nitrogen and oxygen atoms in total. The van der Waals surface area contributed by atoms with Gasteiger partial charge in [0, 0.05) is 10.6 Å². The third kappa shape index (κ3) is 2.84. The first-order valence-electron chi connectivity index (χ1n) is 5.27. The molecule has 18 heavy (non-hydrogen) atoms. The summed E-state index contributed by atoms with van der Waals surface area (Å²) < 4.78 is 10.6. The van der Waals surface area contributed by atoms with Crippen LogP contribution in [-0.2, 0) is 6.61 Å². The van der Waals surface area contributed by atoms with Crippen LogP contribution in [0.4, 0.5) is 0 Å². The van der Waals surface area contributed by atoms with Gasteiger partial charge < -0.3 is 14.3 Å². The fourth-order valence-corrected chi connectivity index (χ4v) is 1.59. The molecule has 2 aromatic rings. The molecule has 0 aliphatic rings. The molecule has 0 radical (unpaired) electrons. The molecule has 5 heteroatoms. The van der Waals surface area contributed by atoms with Gasteiger partial charge in [0.15, 0.2) is 0 Å². The highest BCUT2D eigenvalue weighted by molar-refractivity contribution is 6.30. The van der Waals surface area contributed by atoms with E-state index >= 15 is 0 Å². The summed E-state index contributed by atoms with van der Waals surface area (Å²) in [5, 5.41) is 9.42. The molecule has 1 N–H and O–H groups in total. The van der Waals surface area contributed by atoms with Gasteiger partial charge in [0.05, 0.1) is 0 Å². The van der Waals surface area contributed by atoms with Crippen molar-refractivity contribution in [2.24, 2.45) is 0 Å². The van der Waals surface area contributed by atoms with E-state index in [1.165, 1.54) is 6.07 Å². The van der Waals surface area contributed by atoms with Crippen LogP contribution >= 0.6 is 11.6 Å². The molecule has 0 saturated carbocycles. The third-order valence-electron chi connectivity index (χ3n) is 2.44. The molecule has 0 amide bonds. The Balaban J connectivity index is 2.06. The Morgan fingerprint density at radius 2 is 2.06 bits per heavy atom. The number of rotatable bonds is 4. The monoisotopic (exact) mass is 266 g/mol. The molecule has 94 valence electrons. The van der Waals surface area contributed by atoms with E-state index in [4.69, 9.17) is 25.9 Å². The van der Waals surface area contributed by atoms with Gasteiger partial charge in [0.1, 0.15) is 18.1 Å². The molecule has 0 aliphatic heterocycles. The maximum Gasteiger partial charge on any atom is 0.371 e. The number of carboxylic acid groups (broad SMARTS) is 1. The van der Waals surface area contributed by atoms with E-state index in [1.807, 2.05) is 0 Å². The number of halogens is 1. The highest BCUT2D eigenvalue weighted by atomic mass is 35.5. The van der Waals surface area contributed by atoms with Gasteiger partial charge in [-0.3, -0.25) is 0 Å². The maximum absolute atomic E-state index is 10.7. The quantitative estimate of drug-likeness (QED) is 0.920. The summed E-state index contributed by atoms with van der Waals surface area (Å²) in [6, 6.07) is 8.41. The number of aryl methyl sites for hydroxylation is 1. The van der Waals surface area contributed by atoms with Gasteiger partial charge in [0.2, 0.25) is 5.76 Å². The number of benzene rings is 1. The van der Waals surface area contributed by atoms with Crippen LogP contribution in [-0.4, -0.2) is 11.1 Å². The van der Waals surface area contributed by atoms with Gasteiger partial charge in [0.25, 0.3) is 0 Å². The number of carboxylic acids is 1. The van der Waals surface area contributed by atoms with Gasteiger partial charge in [-0.25, -0.2) is 4.79 Å². The summed E-state index contributed by atoms with van der Waals surface area (Å²) in [7, 11) is 0. The predicted octanol–water partition coefficient (Wildman–Crippen LogP) is 3.52. The minimum absolute atomic E-state index is 0.0813. The number of carbonyl (C=O) groups is 1. The Morgan fingerprint density at radius 3 is 2.61 bits per heavy atom. The van der Waals surface area contributed by atoms with E-state index in [0.29, 0.717) is 22.1 Å². The Morgan fingerprint density at radius 1 is 1.39 bits per heavy atom. The summed E-state index contributed by atoms with van der Waals surface area (Å²) in [6.07, 6.45) is 0. The van der Waals surface area contributed by atoms with E-state index in [9.17, 15) is 4.79 Å². The van der Waals surface area contributed by atoms with Crippen LogP contribution in [0.5, 0.6) is 5.75 Å². The first-order valence-corrected chi connectivity index (χ1v) is 5.65. The van der Waals surface area contributed by atoms with Crippen molar-refractivity contribution >= 4 is 17.6 Å². The molecule has 0 saturated heterocycles. The number of ether oxygens (including phenoxy) is 1. The molecule has 1 aromatic heterocycles. The zero-order valence-corrected chi connectivity index (χ0v) is 10.4. The van der Waals surface area contributed by atoms with Gasteiger partial charge in [-0.1, -0.05) is 11.6 Å². The Bertz CT molecular complexity index is 557. The van der Waals surface area contributed by atoms with Crippen molar-refractivity contribution in [3.63, 3.8) is 0 Å². The minimum atomic E-state index is -1.09. The second-order valence-electron chi connectivity index (χ2n) is 3.74. The SMILES string of the molecule is Cc1oc(C(=O)O)cc1COc1ccc(Cl)cc1. The molecule has 0 bridgehead atoms. The largest absolute Gasteiger partial charge is 0.489 e. The molecule has 0 fully saturated rings. The van der Waals surface area contributed by atoms with E-state index in [1.54, 1.807) is 31.2 Å². The van der Waals surface area contributed by atoms with Crippen molar-refractivity contribution in [3.05, 3.63) is 52.4 Å². The minimum Gasteiger partial charge on any atom is -0.489 e. The normalized spacial score (nSPS) is 10.3. The summed E-state index contributed by atoms with van der Waals surface area (Å²) in [5.74, 6) is 0.0382. The second kappa shape index (κ2) is 5.14. The lowest BCUT2D eigenvalue weighted by Crippen LogP contribution is -1.95. The lowest BCUT2D eigenvalue weighted by atomic mass is 10.2. The highest BCUT2D eigenvalue weighted by Gasteiger charge is 2.13. The molecule has 0 aliphatic carbocycles. The highest BCUT2D eigenvalue weighted by Crippen LogP contribution is 2.19. The second-order valence-corrected chi connectivity index (χ2v) is 4.18. The fraction of sp³-hybridized carbons (Fsp3) is 0.154. The third-order valence-corrected chi connectivity index (χ3v) is 2.69. The Labute approximate surface area is 109 Å². The maximum atomic E-state index is 10.7. The van der Waals surface area contributed by atoms with Crippen LogP contribution in [0.25, 0.3) is 0 Å². The number of furan rings is 1. The number of hydrogen-bond acceptors (Lipinski definition) is 3. The zero-order chi connectivity index (χ0) is 13.1. The average molecular weight is 267 g/mol. The van der Waals surface area contributed by atoms with Crippen molar-refractivity contribution in [3.8, 4) is 5.75 Å². The van der Waals surface area contributed by atoms with Gasteiger partial charge in [-0.15, -0.1) is 0 Å². The molecular weight excluding hydrogens is 256 g/mol. The van der Waals surface area contributed by atoms with E-state index in [0.717, 1.165) is 0 Å². The molecule has 0 spiro atoms. The molecule has 0 atom stereocenters. The van der Waals surface area contributed by atoms with Crippen LogP contribution in [0.15, 0.2) is 34.7 Å².